The molecule has 112 valence electrons. The summed E-state index contributed by atoms with van der Waals surface area (Å²) in [6.45, 7) is 3.32. The van der Waals surface area contributed by atoms with Crippen molar-refractivity contribution in [3.05, 3.63) is 28.2 Å². The third-order valence-electron chi connectivity index (χ3n) is 4.07. The highest BCUT2D eigenvalue weighted by Crippen LogP contribution is 2.22. The molecule has 0 radical (unpaired) electrons. The first-order chi connectivity index (χ1) is 10.2. The van der Waals surface area contributed by atoms with Crippen LogP contribution in [-0.2, 0) is 6.42 Å². The van der Waals surface area contributed by atoms with E-state index in [-0.39, 0.29) is 5.56 Å². The predicted octanol–water partition coefficient (Wildman–Crippen LogP) is 1.63. The van der Waals surface area contributed by atoms with Crippen LogP contribution in [0.25, 0.3) is 11.2 Å². The van der Waals surface area contributed by atoms with Gasteiger partial charge in [-0.1, -0.05) is 0 Å². The van der Waals surface area contributed by atoms with E-state index in [4.69, 9.17) is 0 Å². The Labute approximate surface area is 128 Å². The largest absolute Gasteiger partial charge is 0.314 e. The zero-order valence-corrected chi connectivity index (χ0v) is 13.3. The third-order valence-corrected chi connectivity index (χ3v) is 4.68. The van der Waals surface area contributed by atoms with Gasteiger partial charge in [0, 0.05) is 18.2 Å². The van der Waals surface area contributed by atoms with Crippen LogP contribution in [0.1, 0.15) is 25.5 Å². The Morgan fingerprint density at radius 3 is 3.10 bits per heavy atom. The Balaban J connectivity index is 1.99. The molecule has 0 amide bonds. The molecule has 0 aliphatic carbocycles. The zero-order valence-electron chi connectivity index (χ0n) is 12.5. The van der Waals surface area contributed by atoms with Crippen molar-refractivity contribution in [2.24, 2.45) is 0 Å². The second kappa shape index (κ2) is 6.05. The minimum Gasteiger partial charge on any atom is -0.314 e. The molecule has 2 aromatic rings. The predicted molar refractivity (Wildman–Crippen MR) is 87.0 cm³/mol. The van der Waals surface area contributed by atoms with Crippen molar-refractivity contribution in [1.29, 1.82) is 0 Å². The second-order valence-corrected chi connectivity index (χ2v) is 6.53. The summed E-state index contributed by atoms with van der Waals surface area (Å²) >= 11 is 1.72. The average molecular weight is 305 g/mol. The van der Waals surface area contributed by atoms with Crippen LogP contribution in [0.2, 0.25) is 0 Å². The van der Waals surface area contributed by atoms with E-state index < -0.39 is 0 Å². The van der Waals surface area contributed by atoms with Gasteiger partial charge < -0.3 is 4.98 Å². The SMILES string of the molecule is CSCCc1nc2[nH+]c(N3CCCC3C)ccc2[nH]c1=O. The van der Waals surface area contributed by atoms with Crippen LogP contribution in [0.15, 0.2) is 16.9 Å². The number of pyridine rings is 1. The number of nitrogens with zero attached hydrogens (tertiary/aromatic N) is 2. The minimum atomic E-state index is -0.0766. The van der Waals surface area contributed by atoms with Crippen LogP contribution in [0.3, 0.4) is 0 Å². The van der Waals surface area contributed by atoms with Crippen molar-refractivity contribution >= 4 is 28.7 Å². The summed E-state index contributed by atoms with van der Waals surface area (Å²) in [4.78, 5) is 25.2. The van der Waals surface area contributed by atoms with Crippen molar-refractivity contribution in [1.82, 2.24) is 9.97 Å². The number of nitrogens with one attached hydrogen (secondary N) is 2. The molecular formula is C15H21N4OS+. The summed E-state index contributed by atoms with van der Waals surface area (Å²) in [7, 11) is 0. The molecule has 0 aromatic carbocycles. The molecule has 21 heavy (non-hydrogen) atoms. The maximum Gasteiger partial charge on any atom is 0.287 e. The monoisotopic (exact) mass is 305 g/mol. The molecule has 5 nitrogen and oxygen atoms in total. The molecule has 1 unspecified atom stereocenters. The van der Waals surface area contributed by atoms with E-state index in [1.54, 1.807) is 11.8 Å². The van der Waals surface area contributed by atoms with Crippen LogP contribution in [0, 0.1) is 0 Å². The number of aryl methyl sites for hydroxylation is 1. The van der Waals surface area contributed by atoms with Gasteiger partial charge in [-0.3, -0.25) is 9.69 Å². The number of aromatic amines is 2. The Hall–Kier alpha value is -1.56. The van der Waals surface area contributed by atoms with Gasteiger partial charge in [0.05, 0.1) is 12.6 Å². The van der Waals surface area contributed by atoms with Crippen molar-refractivity contribution in [3.63, 3.8) is 0 Å². The fourth-order valence-corrected chi connectivity index (χ4v) is 3.27. The third kappa shape index (κ3) is 2.90. The summed E-state index contributed by atoms with van der Waals surface area (Å²) < 4.78 is 0. The van der Waals surface area contributed by atoms with E-state index in [1.165, 1.54) is 12.8 Å². The number of aromatic nitrogens is 3. The lowest BCUT2D eigenvalue weighted by molar-refractivity contribution is -0.334. The number of anilines is 1. The lowest BCUT2D eigenvalue weighted by Crippen LogP contribution is -2.32. The molecule has 1 atom stereocenters. The van der Waals surface area contributed by atoms with Gasteiger partial charge in [-0.25, -0.2) is 4.98 Å². The second-order valence-electron chi connectivity index (χ2n) is 5.55. The van der Waals surface area contributed by atoms with Crippen LogP contribution < -0.4 is 15.4 Å². The number of thioether (sulfide) groups is 1. The van der Waals surface area contributed by atoms with Crippen LogP contribution >= 0.6 is 11.8 Å². The highest BCUT2D eigenvalue weighted by Gasteiger charge is 2.26. The van der Waals surface area contributed by atoms with Crippen molar-refractivity contribution in [3.8, 4) is 0 Å². The normalized spacial score (nSPS) is 18.6. The van der Waals surface area contributed by atoms with Gasteiger partial charge in [0.2, 0.25) is 5.82 Å². The highest BCUT2D eigenvalue weighted by atomic mass is 32.2. The van der Waals surface area contributed by atoms with Gasteiger partial charge in [0.15, 0.2) is 5.69 Å². The smallest absolute Gasteiger partial charge is 0.287 e. The topological polar surface area (TPSA) is 63.1 Å². The molecule has 3 rings (SSSR count). The van der Waals surface area contributed by atoms with E-state index in [1.807, 2.05) is 18.4 Å². The quantitative estimate of drug-likeness (QED) is 0.932. The fourth-order valence-electron chi connectivity index (χ4n) is 2.87. The molecule has 0 saturated carbocycles. The first-order valence-electron chi connectivity index (χ1n) is 7.40. The van der Waals surface area contributed by atoms with Crippen molar-refractivity contribution in [2.45, 2.75) is 32.2 Å². The van der Waals surface area contributed by atoms with E-state index in [9.17, 15) is 4.79 Å². The van der Waals surface area contributed by atoms with Gasteiger partial charge in [-0.2, -0.15) is 11.8 Å². The molecule has 2 aromatic heterocycles. The van der Waals surface area contributed by atoms with Gasteiger partial charge in [-0.05, 0) is 32.1 Å². The molecule has 1 aliphatic heterocycles. The first kappa shape index (κ1) is 14.4. The van der Waals surface area contributed by atoms with E-state index >= 15 is 0 Å². The molecule has 1 fully saturated rings. The van der Waals surface area contributed by atoms with Gasteiger partial charge in [0.25, 0.3) is 11.2 Å². The lowest BCUT2D eigenvalue weighted by Gasteiger charge is -2.17. The highest BCUT2D eigenvalue weighted by molar-refractivity contribution is 7.98. The van der Waals surface area contributed by atoms with E-state index in [2.05, 4.69) is 26.8 Å². The fraction of sp³-hybridized carbons (Fsp3) is 0.533. The molecule has 1 saturated heterocycles. The van der Waals surface area contributed by atoms with E-state index in [0.717, 1.165) is 29.3 Å². The average Bonchev–Trinajstić information content (AvgIpc) is 2.91. The first-order valence-corrected chi connectivity index (χ1v) is 8.79. The zero-order chi connectivity index (χ0) is 14.8. The summed E-state index contributed by atoms with van der Waals surface area (Å²) in [5.74, 6) is 1.99. The standard InChI is InChI=1S/C15H20N4OS/c1-10-4-3-8-19(10)13-6-5-11-14(18-13)16-12(7-9-21-2)15(20)17-11/h5-6,10H,3-4,7-9H2,1-2H3,(H,17,20)/p+1. The maximum absolute atomic E-state index is 12.0. The number of hydrogen-bond donors (Lipinski definition) is 1. The molecule has 6 heteroatoms. The van der Waals surface area contributed by atoms with Gasteiger partial charge >= 0.3 is 0 Å². The van der Waals surface area contributed by atoms with Crippen molar-refractivity contribution < 1.29 is 4.98 Å². The lowest BCUT2D eigenvalue weighted by atomic mass is 10.2. The molecular weight excluding hydrogens is 284 g/mol. The molecule has 1 aliphatic rings. The molecule has 0 bridgehead atoms. The van der Waals surface area contributed by atoms with Gasteiger partial charge in [0.1, 0.15) is 5.52 Å². The Morgan fingerprint density at radius 2 is 2.38 bits per heavy atom. The molecule has 3 heterocycles. The number of H-pyrrole nitrogens is 2. The summed E-state index contributed by atoms with van der Waals surface area (Å²) in [6, 6.07) is 4.53. The van der Waals surface area contributed by atoms with Gasteiger partial charge in [-0.15, -0.1) is 4.98 Å². The number of rotatable bonds is 4. The van der Waals surface area contributed by atoms with Crippen LogP contribution in [0.4, 0.5) is 5.82 Å². The maximum atomic E-state index is 12.0. The summed E-state index contributed by atoms with van der Waals surface area (Å²) in [5.41, 5.74) is 2.07. The summed E-state index contributed by atoms with van der Waals surface area (Å²) in [5, 5.41) is 0. The minimum absolute atomic E-state index is 0.0766. The number of fused-ring (bicyclic) bond motifs is 1. The Bertz CT molecular complexity index is 700. The number of hydrogen-bond acceptors (Lipinski definition) is 4. The van der Waals surface area contributed by atoms with Crippen LogP contribution in [-0.4, -0.2) is 34.6 Å². The van der Waals surface area contributed by atoms with Crippen molar-refractivity contribution in [2.75, 3.05) is 23.5 Å². The summed E-state index contributed by atoms with van der Waals surface area (Å²) in [6.07, 6.45) is 5.19. The molecule has 0 spiro atoms. The van der Waals surface area contributed by atoms with Crippen LogP contribution in [0.5, 0.6) is 0 Å². The molecule has 2 N–H and O–H groups in total. The Morgan fingerprint density at radius 1 is 1.52 bits per heavy atom. The Kier molecular flexibility index (Phi) is 4.14. The van der Waals surface area contributed by atoms with E-state index in [0.29, 0.717) is 18.2 Å².